The fraction of sp³-hybridized carbons (Fsp3) is 0.579. The molecule has 0 unspecified atom stereocenters. The zero-order chi connectivity index (χ0) is 18.9. The van der Waals surface area contributed by atoms with Crippen molar-refractivity contribution in [2.75, 3.05) is 13.1 Å². The molecule has 1 aromatic heterocycles. The summed E-state index contributed by atoms with van der Waals surface area (Å²) in [5, 5.41) is 7.93. The van der Waals surface area contributed by atoms with Gasteiger partial charge in [-0.15, -0.1) is 10.2 Å². The molecular weight excluding hydrogens is 366 g/mol. The van der Waals surface area contributed by atoms with Gasteiger partial charge in [-0.3, -0.25) is 0 Å². The van der Waals surface area contributed by atoms with Crippen LogP contribution in [0.15, 0.2) is 33.6 Å². The lowest BCUT2D eigenvalue weighted by Gasteiger charge is -2.29. The van der Waals surface area contributed by atoms with E-state index in [4.69, 9.17) is 9.15 Å². The van der Waals surface area contributed by atoms with E-state index in [1.807, 2.05) is 0 Å². The SMILES string of the molecule is Cc1nnc(C2CCN(S(=O)(=O)c3ccc(OC4CCCC4)cc3)CC2)o1. The predicted octanol–water partition coefficient (Wildman–Crippen LogP) is 3.27. The van der Waals surface area contributed by atoms with Crippen LogP contribution < -0.4 is 4.74 Å². The van der Waals surface area contributed by atoms with Gasteiger partial charge in [-0.05, 0) is 62.8 Å². The Morgan fingerprint density at radius 2 is 1.70 bits per heavy atom. The zero-order valence-corrected chi connectivity index (χ0v) is 16.3. The van der Waals surface area contributed by atoms with Gasteiger partial charge in [-0.25, -0.2) is 8.42 Å². The normalized spacial score (nSPS) is 20.2. The largest absolute Gasteiger partial charge is 0.490 e. The molecule has 8 heteroatoms. The Morgan fingerprint density at radius 1 is 1.04 bits per heavy atom. The highest BCUT2D eigenvalue weighted by atomic mass is 32.2. The molecule has 2 fully saturated rings. The Morgan fingerprint density at radius 3 is 2.30 bits per heavy atom. The molecule has 7 nitrogen and oxygen atoms in total. The fourth-order valence-corrected chi connectivity index (χ4v) is 5.33. The molecule has 0 atom stereocenters. The molecule has 27 heavy (non-hydrogen) atoms. The van der Waals surface area contributed by atoms with Crippen molar-refractivity contribution in [3.8, 4) is 5.75 Å². The van der Waals surface area contributed by atoms with E-state index >= 15 is 0 Å². The second-order valence-electron chi connectivity index (χ2n) is 7.33. The molecule has 2 aromatic rings. The average molecular weight is 391 g/mol. The first-order chi connectivity index (χ1) is 13.0. The maximum absolute atomic E-state index is 12.9. The summed E-state index contributed by atoms with van der Waals surface area (Å²) < 4.78 is 38.8. The van der Waals surface area contributed by atoms with Crippen LogP contribution in [0.4, 0.5) is 0 Å². The van der Waals surface area contributed by atoms with Crippen molar-refractivity contribution in [2.45, 2.75) is 62.4 Å². The van der Waals surface area contributed by atoms with E-state index in [0.29, 0.717) is 42.6 Å². The molecule has 146 valence electrons. The van der Waals surface area contributed by atoms with E-state index in [1.165, 1.54) is 12.8 Å². The van der Waals surface area contributed by atoms with Gasteiger partial charge in [0.25, 0.3) is 0 Å². The summed E-state index contributed by atoms with van der Waals surface area (Å²) in [5.41, 5.74) is 0. The molecule has 0 N–H and O–H groups in total. The molecule has 2 aliphatic rings. The highest BCUT2D eigenvalue weighted by Gasteiger charge is 2.32. The summed E-state index contributed by atoms with van der Waals surface area (Å²) in [6, 6.07) is 6.82. The standard InChI is InChI=1S/C19H25N3O4S/c1-14-20-21-19(25-14)15-10-12-22(13-11-15)27(23,24)18-8-6-17(7-9-18)26-16-4-2-3-5-16/h6-9,15-16H,2-5,10-13H2,1H3. The van der Waals surface area contributed by atoms with Crippen molar-refractivity contribution < 1.29 is 17.6 Å². The smallest absolute Gasteiger partial charge is 0.243 e. The number of sulfonamides is 1. The molecule has 1 aliphatic carbocycles. The van der Waals surface area contributed by atoms with Crippen LogP contribution in [0.5, 0.6) is 5.75 Å². The third-order valence-electron chi connectivity index (χ3n) is 5.41. The van der Waals surface area contributed by atoms with Crippen LogP contribution in [0.3, 0.4) is 0 Å². The minimum atomic E-state index is -3.50. The van der Waals surface area contributed by atoms with Crippen LogP contribution >= 0.6 is 0 Å². The third kappa shape index (κ3) is 4.01. The molecule has 4 rings (SSSR count). The van der Waals surface area contributed by atoms with Crippen molar-refractivity contribution in [2.24, 2.45) is 0 Å². The second kappa shape index (κ2) is 7.59. The molecule has 1 saturated carbocycles. The van der Waals surface area contributed by atoms with Gasteiger partial charge < -0.3 is 9.15 Å². The summed E-state index contributed by atoms with van der Waals surface area (Å²) in [6.07, 6.45) is 6.20. The minimum absolute atomic E-state index is 0.125. The number of hydrogen-bond acceptors (Lipinski definition) is 6. The molecule has 1 aliphatic heterocycles. The first kappa shape index (κ1) is 18.4. The van der Waals surface area contributed by atoms with Gasteiger partial charge >= 0.3 is 0 Å². The maximum atomic E-state index is 12.9. The number of hydrogen-bond donors (Lipinski definition) is 0. The Kier molecular flexibility index (Phi) is 5.19. The topological polar surface area (TPSA) is 85.5 Å². The first-order valence-electron chi connectivity index (χ1n) is 9.59. The summed E-state index contributed by atoms with van der Waals surface area (Å²) in [6.45, 7) is 2.67. The van der Waals surface area contributed by atoms with Crippen molar-refractivity contribution in [1.29, 1.82) is 0 Å². The highest BCUT2D eigenvalue weighted by Crippen LogP contribution is 2.31. The fourth-order valence-electron chi connectivity index (χ4n) is 3.86. The molecule has 0 bridgehead atoms. The molecule has 0 radical (unpaired) electrons. The van der Waals surface area contributed by atoms with Crippen molar-refractivity contribution >= 4 is 10.0 Å². The molecule has 0 amide bonds. The number of nitrogens with zero attached hydrogens (tertiary/aromatic N) is 3. The van der Waals surface area contributed by atoms with E-state index in [9.17, 15) is 8.42 Å². The third-order valence-corrected chi connectivity index (χ3v) is 7.32. The van der Waals surface area contributed by atoms with Gasteiger partial charge in [0.1, 0.15) is 5.75 Å². The molecule has 2 heterocycles. The van der Waals surface area contributed by atoms with Crippen LogP contribution in [-0.2, 0) is 10.0 Å². The van der Waals surface area contributed by atoms with Gasteiger partial charge in [0, 0.05) is 25.9 Å². The second-order valence-corrected chi connectivity index (χ2v) is 9.27. The molecule has 1 saturated heterocycles. The summed E-state index contributed by atoms with van der Waals surface area (Å²) in [5.74, 6) is 2.02. The van der Waals surface area contributed by atoms with E-state index in [2.05, 4.69) is 10.2 Å². The van der Waals surface area contributed by atoms with E-state index in [-0.39, 0.29) is 12.0 Å². The monoisotopic (exact) mass is 391 g/mol. The van der Waals surface area contributed by atoms with Crippen LogP contribution in [-0.4, -0.2) is 42.1 Å². The predicted molar refractivity (Wildman–Crippen MR) is 99.1 cm³/mol. The van der Waals surface area contributed by atoms with E-state index < -0.39 is 10.0 Å². The minimum Gasteiger partial charge on any atom is -0.490 e. The number of ether oxygens (including phenoxy) is 1. The number of rotatable bonds is 5. The lowest BCUT2D eigenvalue weighted by Crippen LogP contribution is -2.37. The molecular formula is C19H25N3O4S. The van der Waals surface area contributed by atoms with Crippen molar-refractivity contribution in [1.82, 2.24) is 14.5 Å². The van der Waals surface area contributed by atoms with E-state index in [1.54, 1.807) is 35.5 Å². The summed E-state index contributed by atoms with van der Waals surface area (Å²) >= 11 is 0. The quantitative estimate of drug-likeness (QED) is 0.778. The Labute approximate surface area is 159 Å². The molecule has 0 spiro atoms. The summed E-state index contributed by atoms with van der Waals surface area (Å²) in [7, 11) is -3.50. The Hall–Kier alpha value is -1.93. The van der Waals surface area contributed by atoms with Gasteiger partial charge in [0.2, 0.25) is 21.8 Å². The zero-order valence-electron chi connectivity index (χ0n) is 15.5. The lowest BCUT2D eigenvalue weighted by atomic mass is 9.98. The Balaban J connectivity index is 1.39. The van der Waals surface area contributed by atoms with E-state index in [0.717, 1.165) is 18.6 Å². The van der Waals surface area contributed by atoms with Crippen molar-refractivity contribution in [3.05, 3.63) is 36.0 Å². The van der Waals surface area contributed by atoms with Crippen LogP contribution in [0.25, 0.3) is 0 Å². The van der Waals surface area contributed by atoms with Crippen LogP contribution in [0.1, 0.15) is 56.2 Å². The number of piperidine rings is 1. The average Bonchev–Trinajstić information content (AvgIpc) is 3.34. The summed E-state index contributed by atoms with van der Waals surface area (Å²) in [4.78, 5) is 0.313. The van der Waals surface area contributed by atoms with Gasteiger partial charge in [0.15, 0.2) is 0 Å². The molecule has 1 aromatic carbocycles. The first-order valence-corrected chi connectivity index (χ1v) is 11.0. The van der Waals surface area contributed by atoms with Gasteiger partial charge in [-0.2, -0.15) is 4.31 Å². The van der Waals surface area contributed by atoms with Crippen LogP contribution in [0.2, 0.25) is 0 Å². The number of benzene rings is 1. The maximum Gasteiger partial charge on any atom is 0.243 e. The van der Waals surface area contributed by atoms with Gasteiger partial charge in [0.05, 0.1) is 11.0 Å². The number of aryl methyl sites for hydroxylation is 1. The Bertz CT molecular complexity index is 865. The highest BCUT2D eigenvalue weighted by molar-refractivity contribution is 7.89. The lowest BCUT2D eigenvalue weighted by molar-refractivity contribution is 0.210. The number of aromatic nitrogens is 2. The van der Waals surface area contributed by atoms with Crippen LogP contribution in [0, 0.1) is 6.92 Å². The van der Waals surface area contributed by atoms with Gasteiger partial charge in [-0.1, -0.05) is 0 Å². The van der Waals surface area contributed by atoms with Crippen molar-refractivity contribution in [3.63, 3.8) is 0 Å².